The first-order valence-electron chi connectivity index (χ1n) is 11.3. The second-order valence-corrected chi connectivity index (χ2v) is 8.13. The number of ether oxygens (including phenoxy) is 1. The van der Waals surface area contributed by atoms with Crippen LogP contribution in [0.15, 0.2) is 107 Å². The molecule has 0 aliphatic rings. The molecule has 4 rings (SSSR count). The molecule has 0 N–H and O–H groups in total. The minimum Gasteiger partial charge on any atom is -0.472 e. The summed E-state index contributed by atoms with van der Waals surface area (Å²) in [5, 5.41) is 0. The average molecular weight is 449 g/mol. The van der Waals surface area contributed by atoms with E-state index in [9.17, 15) is 0 Å². The van der Waals surface area contributed by atoms with Gasteiger partial charge >= 0.3 is 0 Å². The van der Waals surface area contributed by atoms with E-state index in [1.807, 2.05) is 79.0 Å². The van der Waals surface area contributed by atoms with Crippen molar-refractivity contribution in [3.8, 4) is 11.4 Å². The van der Waals surface area contributed by atoms with E-state index in [1.54, 1.807) is 13.2 Å². The predicted octanol–water partition coefficient (Wildman–Crippen LogP) is 6.31. The minimum atomic E-state index is 0.339. The first kappa shape index (κ1) is 23.1. The van der Waals surface area contributed by atoms with Crippen LogP contribution in [0.3, 0.4) is 0 Å². The van der Waals surface area contributed by atoms with Gasteiger partial charge in [-0.15, -0.1) is 0 Å². The molecule has 34 heavy (non-hydrogen) atoms. The van der Waals surface area contributed by atoms with Crippen molar-refractivity contribution in [2.45, 2.75) is 26.4 Å². The zero-order valence-electron chi connectivity index (χ0n) is 19.7. The second kappa shape index (κ2) is 11.1. The molecule has 0 spiro atoms. The summed E-state index contributed by atoms with van der Waals surface area (Å²) in [6, 6.07) is 27.9. The number of nitrogens with zero attached hydrogens (tertiary/aromatic N) is 4. The number of pyridine rings is 2. The zero-order valence-corrected chi connectivity index (χ0v) is 19.7. The van der Waals surface area contributed by atoms with Crippen molar-refractivity contribution in [1.82, 2.24) is 9.97 Å². The van der Waals surface area contributed by atoms with Crippen LogP contribution in [0.2, 0.25) is 0 Å². The monoisotopic (exact) mass is 448 g/mol. The lowest BCUT2D eigenvalue weighted by molar-refractivity contribution is 0.294. The summed E-state index contributed by atoms with van der Waals surface area (Å²) in [5.74, 6) is 1.52. The summed E-state index contributed by atoms with van der Waals surface area (Å²) in [7, 11) is 1.76. The lowest BCUT2D eigenvalue weighted by Crippen LogP contribution is -2.12. The zero-order chi connectivity index (χ0) is 23.8. The van der Waals surface area contributed by atoms with Crippen molar-refractivity contribution in [2.24, 2.45) is 9.98 Å². The summed E-state index contributed by atoms with van der Waals surface area (Å²) < 4.78 is 6.23. The van der Waals surface area contributed by atoms with Crippen molar-refractivity contribution >= 4 is 11.7 Å². The maximum atomic E-state index is 6.23. The van der Waals surface area contributed by atoms with Crippen LogP contribution < -0.4 is 0 Å². The molecule has 0 atom stereocenters. The molecule has 2 heterocycles. The van der Waals surface area contributed by atoms with Crippen molar-refractivity contribution < 1.29 is 4.74 Å². The van der Waals surface area contributed by atoms with Gasteiger partial charge in [0.15, 0.2) is 5.84 Å². The molecule has 0 fully saturated rings. The highest BCUT2D eigenvalue weighted by atomic mass is 16.5. The number of hydrogen-bond donors (Lipinski definition) is 0. The van der Waals surface area contributed by atoms with E-state index in [2.05, 4.69) is 40.9 Å². The van der Waals surface area contributed by atoms with Crippen LogP contribution in [0, 0.1) is 0 Å². The van der Waals surface area contributed by atoms with E-state index in [0.29, 0.717) is 24.3 Å². The number of rotatable bonds is 6. The molecule has 170 valence electrons. The Hall–Kier alpha value is -4.12. The van der Waals surface area contributed by atoms with Crippen LogP contribution in [-0.2, 0) is 11.3 Å². The van der Waals surface area contributed by atoms with Gasteiger partial charge in [-0.3, -0.25) is 15.0 Å². The van der Waals surface area contributed by atoms with Gasteiger partial charge in [0.2, 0.25) is 5.90 Å². The standard InChI is InChI=1S/C29H28N4O/c1-21(2)24-13-7-8-14-25(24)28(30-3)33-29(23-11-5-4-6-12-23)34-20-22-16-17-27(32-19-22)26-15-9-10-18-31-26/h4-19,21H,20H2,1-3H3. The first-order chi connectivity index (χ1) is 16.7. The van der Waals surface area contributed by atoms with E-state index in [0.717, 1.165) is 28.1 Å². The summed E-state index contributed by atoms with van der Waals surface area (Å²) in [6.07, 6.45) is 3.58. The van der Waals surface area contributed by atoms with Crippen molar-refractivity contribution in [3.05, 3.63) is 120 Å². The third kappa shape index (κ3) is 5.62. The Labute approximate surface area is 201 Å². The molecule has 5 nitrogen and oxygen atoms in total. The lowest BCUT2D eigenvalue weighted by Gasteiger charge is -2.14. The molecule has 4 aromatic rings. The molecule has 0 aliphatic heterocycles. The normalized spacial score (nSPS) is 12.1. The molecule has 0 amide bonds. The fraction of sp³-hybridized carbons (Fsp3) is 0.172. The second-order valence-electron chi connectivity index (χ2n) is 8.13. The fourth-order valence-electron chi connectivity index (χ4n) is 3.62. The van der Waals surface area contributed by atoms with Crippen LogP contribution in [0.5, 0.6) is 0 Å². The van der Waals surface area contributed by atoms with Crippen LogP contribution in [0.25, 0.3) is 11.4 Å². The third-order valence-corrected chi connectivity index (χ3v) is 5.39. The van der Waals surface area contributed by atoms with E-state index >= 15 is 0 Å². The molecule has 2 aromatic carbocycles. The molecule has 0 radical (unpaired) electrons. The Morgan fingerprint density at radius 3 is 2.24 bits per heavy atom. The fourth-order valence-corrected chi connectivity index (χ4v) is 3.62. The summed E-state index contributed by atoms with van der Waals surface area (Å²) in [4.78, 5) is 18.3. The van der Waals surface area contributed by atoms with Gasteiger partial charge in [0.1, 0.15) is 6.61 Å². The predicted molar refractivity (Wildman–Crippen MR) is 138 cm³/mol. The smallest absolute Gasteiger partial charge is 0.223 e. The number of amidine groups is 1. The highest BCUT2D eigenvalue weighted by Crippen LogP contribution is 2.21. The molecule has 0 saturated carbocycles. The van der Waals surface area contributed by atoms with Gasteiger partial charge in [-0.1, -0.05) is 68.4 Å². The average Bonchev–Trinajstić information content (AvgIpc) is 2.90. The van der Waals surface area contributed by atoms with Gasteiger partial charge in [-0.2, -0.15) is 4.99 Å². The SMILES string of the molecule is CN=C(N=C(OCc1ccc(-c2ccccn2)nc1)c1ccccc1)c1ccccc1C(C)C. The third-order valence-electron chi connectivity index (χ3n) is 5.39. The lowest BCUT2D eigenvalue weighted by atomic mass is 9.96. The maximum absolute atomic E-state index is 6.23. The Morgan fingerprint density at radius 1 is 0.824 bits per heavy atom. The quantitative estimate of drug-likeness (QED) is 0.257. The van der Waals surface area contributed by atoms with E-state index in [1.165, 1.54) is 5.56 Å². The van der Waals surface area contributed by atoms with Gasteiger partial charge in [0, 0.05) is 36.1 Å². The van der Waals surface area contributed by atoms with Crippen LogP contribution >= 0.6 is 0 Å². The Kier molecular flexibility index (Phi) is 7.56. The molecular formula is C29H28N4O. The number of hydrogen-bond acceptors (Lipinski definition) is 4. The highest BCUT2D eigenvalue weighted by molar-refractivity contribution is 6.10. The summed E-state index contributed by atoms with van der Waals surface area (Å²) in [5.41, 5.74) is 5.72. The first-order valence-corrected chi connectivity index (χ1v) is 11.3. The minimum absolute atomic E-state index is 0.339. The van der Waals surface area contributed by atoms with Crippen LogP contribution in [0.4, 0.5) is 0 Å². The molecule has 0 unspecified atom stereocenters. The van der Waals surface area contributed by atoms with Gasteiger partial charge in [0.05, 0.1) is 11.4 Å². The van der Waals surface area contributed by atoms with E-state index < -0.39 is 0 Å². The van der Waals surface area contributed by atoms with E-state index in [-0.39, 0.29) is 0 Å². The molecule has 5 heteroatoms. The summed E-state index contributed by atoms with van der Waals surface area (Å²) in [6.45, 7) is 4.68. The maximum Gasteiger partial charge on any atom is 0.223 e. The molecule has 0 saturated heterocycles. The molecular weight excluding hydrogens is 420 g/mol. The van der Waals surface area contributed by atoms with Gasteiger partial charge < -0.3 is 4.74 Å². The number of benzene rings is 2. The van der Waals surface area contributed by atoms with Crippen molar-refractivity contribution in [3.63, 3.8) is 0 Å². The van der Waals surface area contributed by atoms with Gasteiger partial charge in [-0.25, -0.2) is 0 Å². The molecule has 0 aliphatic carbocycles. The Balaban J connectivity index is 1.61. The molecule has 2 aromatic heterocycles. The van der Waals surface area contributed by atoms with Crippen molar-refractivity contribution in [2.75, 3.05) is 7.05 Å². The molecule has 0 bridgehead atoms. The van der Waals surface area contributed by atoms with Gasteiger partial charge in [-0.05, 0) is 41.8 Å². The summed E-state index contributed by atoms with van der Waals surface area (Å²) >= 11 is 0. The van der Waals surface area contributed by atoms with Crippen molar-refractivity contribution in [1.29, 1.82) is 0 Å². The van der Waals surface area contributed by atoms with Crippen LogP contribution in [0.1, 0.15) is 42.0 Å². The largest absolute Gasteiger partial charge is 0.472 e. The Bertz CT molecular complexity index is 1260. The Morgan fingerprint density at radius 2 is 1.56 bits per heavy atom. The number of aliphatic imine (C=N–C) groups is 2. The number of aromatic nitrogens is 2. The van der Waals surface area contributed by atoms with E-state index in [4.69, 9.17) is 9.73 Å². The topological polar surface area (TPSA) is 59.7 Å². The van der Waals surface area contributed by atoms with Crippen LogP contribution in [-0.4, -0.2) is 28.7 Å². The highest BCUT2D eigenvalue weighted by Gasteiger charge is 2.14. The van der Waals surface area contributed by atoms with Gasteiger partial charge in [0.25, 0.3) is 0 Å².